The Kier molecular flexibility index (Phi) is 2.81. The van der Waals surface area contributed by atoms with Crippen LogP contribution in [0.3, 0.4) is 0 Å². The van der Waals surface area contributed by atoms with Crippen molar-refractivity contribution < 1.29 is 4.79 Å². The molecule has 3 aromatic carbocycles. The van der Waals surface area contributed by atoms with E-state index < -0.39 is 0 Å². The first-order valence-electron chi connectivity index (χ1n) is 6.14. The molecule has 0 N–H and O–H groups in total. The summed E-state index contributed by atoms with van der Waals surface area (Å²) >= 11 is 0. The quantitative estimate of drug-likeness (QED) is 0.624. The average molecular weight is 233 g/mol. The van der Waals surface area contributed by atoms with Crippen molar-refractivity contribution in [2.24, 2.45) is 0 Å². The molecular formula is C17H13O. The molecule has 0 fully saturated rings. The highest BCUT2D eigenvalue weighted by Crippen LogP contribution is 2.27. The number of fused-ring (bicyclic) bond motifs is 3. The molecule has 0 atom stereocenters. The zero-order chi connectivity index (χ0) is 12.4. The highest BCUT2D eigenvalue weighted by Gasteiger charge is 2.04. The molecule has 18 heavy (non-hydrogen) atoms. The van der Waals surface area contributed by atoms with Crippen LogP contribution in [0.15, 0.2) is 54.6 Å². The summed E-state index contributed by atoms with van der Waals surface area (Å²) in [5, 5.41) is 5.03. The topological polar surface area (TPSA) is 17.1 Å². The van der Waals surface area contributed by atoms with E-state index in [1.165, 1.54) is 27.1 Å². The van der Waals surface area contributed by atoms with Gasteiger partial charge in [0.25, 0.3) is 0 Å². The number of benzene rings is 3. The maximum Gasteiger partial charge on any atom is 0.198 e. The van der Waals surface area contributed by atoms with E-state index in [0.717, 1.165) is 6.42 Å². The molecule has 0 unspecified atom stereocenters. The second kappa shape index (κ2) is 4.61. The predicted octanol–water partition coefficient (Wildman–Crippen LogP) is 4.04. The van der Waals surface area contributed by atoms with Crippen LogP contribution in [-0.2, 0) is 11.2 Å². The largest absolute Gasteiger partial charge is 0.291 e. The lowest BCUT2D eigenvalue weighted by Crippen LogP contribution is -1.88. The third-order valence-corrected chi connectivity index (χ3v) is 3.37. The molecule has 1 nitrogen and oxygen atoms in total. The summed E-state index contributed by atoms with van der Waals surface area (Å²) in [6.45, 7) is 0. The minimum atomic E-state index is 0.464. The van der Waals surface area contributed by atoms with Crippen LogP contribution in [0.1, 0.15) is 12.0 Å². The fourth-order valence-electron chi connectivity index (χ4n) is 2.51. The van der Waals surface area contributed by atoms with Crippen LogP contribution in [0.4, 0.5) is 0 Å². The molecule has 0 aliphatic carbocycles. The Balaban J connectivity index is 2.29. The number of hydrogen-bond donors (Lipinski definition) is 0. The standard InChI is InChI=1S/C17H13O/c18-12-4-7-13-6-3-9-17-15-8-2-1-5-14(15)10-11-16(13)17/h1-3,5-6,8-11H,4,7H2. The minimum Gasteiger partial charge on any atom is -0.291 e. The van der Waals surface area contributed by atoms with Crippen LogP contribution in [0.25, 0.3) is 21.5 Å². The third-order valence-electron chi connectivity index (χ3n) is 3.37. The van der Waals surface area contributed by atoms with E-state index in [0.29, 0.717) is 6.42 Å². The van der Waals surface area contributed by atoms with Crippen LogP contribution >= 0.6 is 0 Å². The molecule has 0 aliphatic rings. The lowest BCUT2D eigenvalue weighted by atomic mass is 9.96. The first-order valence-corrected chi connectivity index (χ1v) is 6.14. The molecular weight excluding hydrogens is 220 g/mol. The van der Waals surface area contributed by atoms with Crippen LogP contribution in [0.2, 0.25) is 0 Å². The van der Waals surface area contributed by atoms with Crippen LogP contribution < -0.4 is 0 Å². The van der Waals surface area contributed by atoms with Crippen LogP contribution in [0.5, 0.6) is 0 Å². The van der Waals surface area contributed by atoms with E-state index >= 15 is 0 Å². The second-order valence-electron chi connectivity index (χ2n) is 4.44. The molecule has 0 aliphatic heterocycles. The van der Waals surface area contributed by atoms with Crippen molar-refractivity contribution in [3.63, 3.8) is 0 Å². The van der Waals surface area contributed by atoms with Crippen LogP contribution in [0, 0.1) is 0 Å². The normalized spacial score (nSPS) is 10.9. The van der Waals surface area contributed by atoms with Gasteiger partial charge in [-0.1, -0.05) is 54.6 Å². The van der Waals surface area contributed by atoms with Gasteiger partial charge in [0.2, 0.25) is 0 Å². The SMILES string of the molecule is O=[C]CCc1cccc2c1ccc1ccccc12. The zero-order valence-corrected chi connectivity index (χ0v) is 10.0. The van der Waals surface area contributed by atoms with Crippen molar-refractivity contribution >= 4 is 27.8 Å². The first kappa shape index (κ1) is 11.0. The van der Waals surface area contributed by atoms with Gasteiger partial charge in [-0.15, -0.1) is 0 Å². The Labute approximate surface area is 106 Å². The van der Waals surface area contributed by atoms with Gasteiger partial charge < -0.3 is 0 Å². The summed E-state index contributed by atoms with van der Waals surface area (Å²) in [6, 6.07) is 19.0. The van der Waals surface area contributed by atoms with E-state index in [4.69, 9.17) is 0 Å². The van der Waals surface area contributed by atoms with Gasteiger partial charge in [0.1, 0.15) is 0 Å². The lowest BCUT2D eigenvalue weighted by molar-refractivity contribution is 0.551. The molecule has 0 spiro atoms. The summed E-state index contributed by atoms with van der Waals surface area (Å²) in [4.78, 5) is 10.4. The monoisotopic (exact) mass is 233 g/mol. The Morgan fingerprint density at radius 3 is 2.50 bits per heavy atom. The van der Waals surface area contributed by atoms with Gasteiger partial charge in [0, 0.05) is 6.42 Å². The van der Waals surface area contributed by atoms with Crippen molar-refractivity contribution in [1.29, 1.82) is 0 Å². The van der Waals surface area contributed by atoms with Crippen molar-refractivity contribution in [3.8, 4) is 0 Å². The summed E-state index contributed by atoms with van der Waals surface area (Å²) in [6.07, 6.45) is 3.20. The van der Waals surface area contributed by atoms with Crippen LogP contribution in [-0.4, -0.2) is 6.29 Å². The lowest BCUT2D eigenvalue weighted by Gasteiger charge is -2.08. The van der Waals surface area contributed by atoms with E-state index in [1.807, 2.05) is 6.29 Å². The molecule has 1 radical (unpaired) electrons. The Hall–Kier alpha value is -2.15. The van der Waals surface area contributed by atoms with Gasteiger partial charge in [-0.05, 0) is 33.5 Å². The predicted molar refractivity (Wildman–Crippen MR) is 75.5 cm³/mol. The van der Waals surface area contributed by atoms with Gasteiger partial charge in [-0.25, -0.2) is 0 Å². The fraction of sp³-hybridized carbons (Fsp3) is 0.118. The molecule has 0 amide bonds. The maximum absolute atomic E-state index is 10.4. The van der Waals surface area contributed by atoms with Crippen molar-refractivity contribution in [1.82, 2.24) is 0 Å². The van der Waals surface area contributed by atoms with Gasteiger partial charge in [0.05, 0.1) is 0 Å². The highest BCUT2D eigenvalue weighted by atomic mass is 16.1. The van der Waals surface area contributed by atoms with Gasteiger partial charge >= 0.3 is 0 Å². The van der Waals surface area contributed by atoms with Crippen molar-refractivity contribution in [3.05, 3.63) is 60.2 Å². The Morgan fingerprint density at radius 2 is 1.61 bits per heavy atom. The second-order valence-corrected chi connectivity index (χ2v) is 4.44. The van der Waals surface area contributed by atoms with Crippen molar-refractivity contribution in [2.75, 3.05) is 0 Å². The van der Waals surface area contributed by atoms with E-state index in [9.17, 15) is 4.79 Å². The minimum absolute atomic E-state index is 0.464. The smallest absolute Gasteiger partial charge is 0.198 e. The zero-order valence-electron chi connectivity index (χ0n) is 10.0. The molecule has 0 aromatic heterocycles. The Bertz CT molecular complexity index is 713. The number of carbonyl (C=O) groups excluding carboxylic acids is 1. The van der Waals surface area contributed by atoms with Gasteiger partial charge in [-0.3, -0.25) is 4.79 Å². The van der Waals surface area contributed by atoms with Gasteiger partial charge in [-0.2, -0.15) is 0 Å². The average Bonchev–Trinajstić information content (AvgIpc) is 2.44. The third kappa shape index (κ3) is 1.78. The summed E-state index contributed by atoms with van der Waals surface area (Å²) in [7, 11) is 0. The van der Waals surface area contributed by atoms with Gasteiger partial charge in [0.15, 0.2) is 6.29 Å². The first-order chi connectivity index (χ1) is 8.90. The summed E-state index contributed by atoms with van der Waals surface area (Å²) < 4.78 is 0. The van der Waals surface area contributed by atoms with E-state index in [2.05, 4.69) is 54.6 Å². The maximum atomic E-state index is 10.4. The van der Waals surface area contributed by atoms with E-state index in [1.54, 1.807) is 0 Å². The molecule has 0 saturated heterocycles. The number of rotatable bonds is 3. The summed E-state index contributed by atoms with van der Waals surface area (Å²) in [5.74, 6) is 0. The number of aryl methyl sites for hydroxylation is 1. The molecule has 0 bridgehead atoms. The molecule has 87 valence electrons. The summed E-state index contributed by atoms with van der Waals surface area (Å²) in [5.41, 5.74) is 1.22. The number of hydrogen-bond acceptors (Lipinski definition) is 1. The molecule has 3 rings (SSSR count). The van der Waals surface area contributed by atoms with E-state index in [-0.39, 0.29) is 0 Å². The molecule has 1 heteroatoms. The van der Waals surface area contributed by atoms with Crippen molar-refractivity contribution in [2.45, 2.75) is 12.8 Å². The molecule has 3 aromatic rings. The molecule has 0 heterocycles. The Morgan fingerprint density at radius 1 is 0.778 bits per heavy atom. The fourth-order valence-corrected chi connectivity index (χ4v) is 2.51. The highest BCUT2D eigenvalue weighted by molar-refractivity contribution is 6.08. The molecule has 0 saturated carbocycles.